The largest absolute Gasteiger partial charge is 0.366 e. The normalized spacial score (nSPS) is 15.3. The molecule has 1 heteroatoms. The van der Waals surface area contributed by atoms with Gasteiger partial charge in [-0.25, -0.2) is 0 Å². The Morgan fingerprint density at radius 2 is 1.29 bits per heavy atom. The lowest BCUT2D eigenvalue weighted by molar-refractivity contribution is 0.0539. The second-order valence-corrected chi connectivity index (χ2v) is 4.19. The summed E-state index contributed by atoms with van der Waals surface area (Å²) in [7, 11) is 0. The van der Waals surface area contributed by atoms with E-state index in [4.69, 9.17) is 4.74 Å². The fourth-order valence-electron chi connectivity index (χ4n) is 1.29. The zero-order chi connectivity index (χ0) is 13.3. The SMILES string of the molecule is C=C(/C=C/CC)C(C)OC(C)C(=C)/C=C/CC. The molecule has 0 amide bonds. The highest BCUT2D eigenvalue weighted by Gasteiger charge is 2.11. The van der Waals surface area contributed by atoms with Gasteiger partial charge in [-0.3, -0.25) is 0 Å². The van der Waals surface area contributed by atoms with E-state index in [2.05, 4.69) is 39.2 Å². The Morgan fingerprint density at radius 1 is 0.941 bits per heavy atom. The Kier molecular flexibility index (Phi) is 8.43. The van der Waals surface area contributed by atoms with E-state index in [1.807, 2.05) is 26.0 Å². The van der Waals surface area contributed by atoms with Gasteiger partial charge in [-0.2, -0.15) is 0 Å². The molecule has 0 aliphatic carbocycles. The molecule has 0 N–H and O–H groups in total. The molecule has 0 saturated carbocycles. The number of ether oxygens (including phenoxy) is 1. The van der Waals surface area contributed by atoms with Crippen LogP contribution >= 0.6 is 0 Å². The van der Waals surface area contributed by atoms with Crippen molar-refractivity contribution in [2.45, 2.75) is 52.7 Å². The fourth-order valence-corrected chi connectivity index (χ4v) is 1.29. The molecule has 1 nitrogen and oxygen atoms in total. The second-order valence-electron chi connectivity index (χ2n) is 4.19. The van der Waals surface area contributed by atoms with Crippen LogP contribution in [0.2, 0.25) is 0 Å². The van der Waals surface area contributed by atoms with Crippen LogP contribution in [0.5, 0.6) is 0 Å². The highest BCUT2D eigenvalue weighted by molar-refractivity contribution is 5.21. The Hall–Kier alpha value is -1.08. The zero-order valence-corrected chi connectivity index (χ0v) is 11.7. The zero-order valence-electron chi connectivity index (χ0n) is 11.7. The molecule has 2 unspecified atom stereocenters. The predicted molar refractivity (Wildman–Crippen MR) is 77.2 cm³/mol. The molecule has 0 aromatic rings. The molecular weight excluding hydrogens is 208 g/mol. The van der Waals surface area contributed by atoms with Gasteiger partial charge in [-0.1, -0.05) is 51.3 Å². The summed E-state index contributed by atoms with van der Waals surface area (Å²) in [6, 6.07) is 0. The quantitative estimate of drug-likeness (QED) is 0.547. The molecule has 0 saturated heterocycles. The fraction of sp³-hybridized carbons (Fsp3) is 0.500. The van der Waals surface area contributed by atoms with Crippen LogP contribution in [0.1, 0.15) is 40.5 Å². The maximum absolute atomic E-state index is 5.87. The minimum absolute atomic E-state index is 0.0274. The lowest BCUT2D eigenvalue weighted by Gasteiger charge is -2.20. The first kappa shape index (κ1) is 15.9. The first-order valence-electron chi connectivity index (χ1n) is 6.39. The third kappa shape index (κ3) is 6.96. The smallest absolute Gasteiger partial charge is 0.0799 e. The number of hydrogen-bond donors (Lipinski definition) is 0. The van der Waals surface area contributed by atoms with E-state index in [1.54, 1.807) is 0 Å². The van der Waals surface area contributed by atoms with Crippen LogP contribution in [-0.2, 0) is 4.74 Å². The first-order chi connectivity index (χ1) is 8.02. The molecule has 0 bridgehead atoms. The molecule has 2 atom stereocenters. The van der Waals surface area contributed by atoms with Crippen LogP contribution in [0.3, 0.4) is 0 Å². The van der Waals surface area contributed by atoms with E-state index in [9.17, 15) is 0 Å². The monoisotopic (exact) mass is 234 g/mol. The molecule has 0 radical (unpaired) electrons. The van der Waals surface area contributed by atoms with Crippen molar-refractivity contribution in [2.75, 3.05) is 0 Å². The molecule has 0 heterocycles. The van der Waals surface area contributed by atoms with Gasteiger partial charge in [0.2, 0.25) is 0 Å². The molecule has 0 spiro atoms. The average molecular weight is 234 g/mol. The van der Waals surface area contributed by atoms with E-state index in [0.29, 0.717) is 0 Å². The maximum atomic E-state index is 5.87. The van der Waals surface area contributed by atoms with E-state index in [0.717, 1.165) is 24.0 Å². The average Bonchev–Trinajstić information content (AvgIpc) is 2.32. The van der Waals surface area contributed by atoms with Crippen LogP contribution in [0, 0.1) is 0 Å². The van der Waals surface area contributed by atoms with Crippen molar-refractivity contribution in [1.82, 2.24) is 0 Å². The maximum Gasteiger partial charge on any atom is 0.0799 e. The van der Waals surface area contributed by atoms with E-state index in [1.165, 1.54) is 0 Å². The highest BCUT2D eigenvalue weighted by Crippen LogP contribution is 2.14. The third-order valence-corrected chi connectivity index (χ3v) is 2.59. The molecule has 0 aromatic heterocycles. The van der Waals surface area contributed by atoms with Gasteiger partial charge in [-0.05, 0) is 37.8 Å². The van der Waals surface area contributed by atoms with Gasteiger partial charge in [0.1, 0.15) is 0 Å². The van der Waals surface area contributed by atoms with Crippen molar-refractivity contribution in [3.63, 3.8) is 0 Å². The number of rotatable bonds is 8. The molecule has 0 aromatic carbocycles. The van der Waals surface area contributed by atoms with Crippen LogP contribution < -0.4 is 0 Å². The number of allylic oxidation sites excluding steroid dienone is 2. The van der Waals surface area contributed by atoms with Crippen LogP contribution in [0.25, 0.3) is 0 Å². The topological polar surface area (TPSA) is 9.23 Å². The summed E-state index contributed by atoms with van der Waals surface area (Å²) >= 11 is 0. The van der Waals surface area contributed by atoms with Crippen molar-refractivity contribution < 1.29 is 4.74 Å². The Balaban J connectivity index is 4.23. The molecule has 0 rings (SSSR count). The summed E-state index contributed by atoms with van der Waals surface area (Å²) in [5.41, 5.74) is 2.01. The predicted octanol–water partition coefficient (Wildman–Crippen LogP) is 4.82. The lowest BCUT2D eigenvalue weighted by atomic mass is 10.1. The van der Waals surface area contributed by atoms with Crippen LogP contribution in [-0.4, -0.2) is 12.2 Å². The summed E-state index contributed by atoms with van der Waals surface area (Å²) in [5.74, 6) is 0. The van der Waals surface area contributed by atoms with Gasteiger partial charge in [0, 0.05) is 0 Å². The van der Waals surface area contributed by atoms with Gasteiger partial charge in [0.25, 0.3) is 0 Å². The van der Waals surface area contributed by atoms with Crippen molar-refractivity contribution in [2.24, 2.45) is 0 Å². The van der Waals surface area contributed by atoms with E-state index < -0.39 is 0 Å². The van der Waals surface area contributed by atoms with Crippen molar-refractivity contribution >= 4 is 0 Å². The van der Waals surface area contributed by atoms with Gasteiger partial charge in [0.15, 0.2) is 0 Å². The summed E-state index contributed by atoms with van der Waals surface area (Å²) < 4.78 is 5.87. The first-order valence-corrected chi connectivity index (χ1v) is 6.39. The standard InChI is InChI=1S/C16H26O/c1-7-9-11-13(3)15(5)17-16(6)14(4)12-10-8-2/h9-12,15-16H,3-4,7-8H2,1-2,5-6H3/b11-9+,12-10+. The van der Waals surface area contributed by atoms with Gasteiger partial charge >= 0.3 is 0 Å². The Labute approximate surface area is 107 Å². The molecule has 0 aliphatic heterocycles. The lowest BCUT2D eigenvalue weighted by Crippen LogP contribution is -2.19. The summed E-state index contributed by atoms with van der Waals surface area (Å²) in [4.78, 5) is 0. The van der Waals surface area contributed by atoms with Crippen LogP contribution in [0.4, 0.5) is 0 Å². The molecular formula is C16H26O. The van der Waals surface area contributed by atoms with Crippen molar-refractivity contribution in [1.29, 1.82) is 0 Å². The van der Waals surface area contributed by atoms with Crippen molar-refractivity contribution in [3.05, 3.63) is 48.6 Å². The van der Waals surface area contributed by atoms with Crippen molar-refractivity contribution in [3.8, 4) is 0 Å². The molecule has 0 aliphatic rings. The van der Waals surface area contributed by atoms with Gasteiger partial charge in [0.05, 0.1) is 12.2 Å². The minimum atomic E-state index is 0.0274. The summed E-state index contributed by atoms with van der Waals surface area (Å²) in [6.45, 7) is 16.3. The molecule has 17 heavy (non-hydrogen) atoms. The Morgan fingerprint density at radius 3 is 1.59 bits per heavy atom. The highest BCUT2D eigenvalue weighted by atomic mass is 16.5. The van der Waals surface area contributed by atoms with E-state index >= 15 is 0 Å². The number of hydrogen-bond acceptors (Lipinski definition) is 1. The van der Waals surface area contributed by atoms with E-state index in [-0.39, 0.29) is 12.2 Å². The Bertz CT molecular complexity index is 267. The minimum Gasteiger partial charge on any atom is -0.366 e. The summed E-state index contributed by atoms with van der Waals surface area (Å²) in [6.07, 6.45) is 10.3. The third-order valence-electron chi connectivity index (χ3n) is 2.59. The molecule has 0 fully saturated rings. The van der Waals surface area contributed by atoms with Crippen LogP contribution in [0.15, 0.2) is 48.6 Å². The van der Waals surface area contributed by atoms with Gasteiger partial charge in [-0.15, -0.1) is 0 Å². The molecule has 96 valence electrons. The summed E-state index contributed by atoms with van der Waals surface area (Å²) in [5, 5.41) is 0. The van der Waals surface area contributed by atoms with Gasteiger partial charge < -0.3 is 4.74 Å². The second kappa shape index (κ2) is 9.00.